The number of benzene rings is 1. The van der Waals surface area contributed by atoms with E-state index in [1.807, 2.05) is 30.6 Å². The van der Waals surface area contributed by atoms with Crippen LogP contribution in [-0.2, 0) is 6.54 Å². The molecule has 0 bridgehead atoms. The van der Waals surface area contributed by atoms with Crippen molar-refractivity contribution in [2.45, 2.75) is 12.6 Å². The van der Waals surface area contributed by atoms with E-state index in [0.29, 0.717) is 6.04 Å². The average molecular weight is 367 g/mol. The van der Waals surface area contributed by atoms with Crippen LogP contribution in [0.15, 0.2) is 47.2 Å². The number of hydrogen-bond acceptors (Lipinski definition) is 3. The van der Waals surface area contributed by atoms with Crippen LogP contribution < -0.4 is 5.32 Å². The molecule has 1 aliphatic heterocycles. The van der Waals surface area contributed by atoms with Gasteiger partial charge < -0.3 is 5.32 Å². The minimum Gasteiger partial charge on any atom is -0.314 e. The number of nitrogens with one attached hydrogen (secondary N) is 1. The van der Waals surface area contributed by atoms with Crippen molar-refractivity contribution in [1.29, 1.82) is 0 Å². The smallest absolute Gasteiger partial charge is 0.0492 e. The first kappa shape index (κ1) is 15.0. The van der Waals surface area contributed by atoms with Gasteiger partial charge in [0, 0.05) is 54.1 Å². The zero-order valence-corrected chi connectivity index (χ0v) is 13.9. The summed E-state index contributed by atoms with van der Waals surface area (Å²) in [6, 6.07) is 10.6. The molecule has 2 aromatic rings. The molecule has 0 aliphatic carbocycles. The van der Waals surface area contributed by atoms with Crippen molar-refractivity contribution in [2.24, 2.45) is 0 Å². The first-order valence-electron chi connectivity index (χ1n) is 7.02. The Morgan fingerprint density at radius 3 is 3.05 bits per heavy atom. The highest BCUT2D eigenvalue weighted by Crippen LogP contribution is 2.27. The molecule has 0 radical (unpaired) electrons. The van der Waals surface area contributed by atoms with E-state index in [0.717, 1.165) is 41.2 Å². The molecule has 110 valence electrons. The minimum atomic E-state index is 0.340. The highest BCUT2D eigenvalue weighted by molar-refractivity contribution is 9.10. The van der Waals surface area contributed by atoms with Crippen LogP contribution in [0.5, 0.6) is 0 Å². The lowest BCUT2D eigenvalue weighted by atomic mass is 10.0. The molecule has 2 heterocycles. The molecule has 1 aliphatic rings. The summed E-state index contributed by atoms with van der Waals surface area (Å²) in [6.45, 7) is 3.81. The van der Waals surface area contributed by atoms with Crippen molar-refractivity contribution < 1.29 is 0 Å². The van der Waals surface area contributed by atoms with Crippen LogP contribution in [0.3, 0.4) is 0 Å². The largest absolute Gasteiger partial charge is 0.314 e. The first-order valence-corrected chi connectivity index (χ1v) is 8.20. The molecule has 3 nitrogen and oxygen atoms in total. The molecule has 0 amide bonds. The summed E-state index contributed by atoms with van der Waals surface area (Å²) in [5.41, 5.74) is 2.41. The van der Waals surface area contributed by atoms with Crippen LogP contribution in [0, 0.1) is 0 Å². The van der Waals surface area contributed by atoms with E-state index < -0.39 is 0 Å². The molecule has 3 rings (SSSR count). The van der Waals surface area contributed by atoms with Crippen molar-refractivity contribution in [3.05, 3.63) is 63.3 Å². The van der Waals surface area contributed by atoms with Gasteiger partial charge in [0.1, 0.15) is 0 Å². The lowest BCUT2D eigenvalue weighted by molar-refractivity contribution is 0.153. The SMILES string of the molecule is Clc1cc(Br)ccc1CN1CCNCC1c1cccnc1. The van der Waals surface area contributed by atoms with Gasteiger partial charge in [-0.05, 0) is 29.3 Å². The Kier molecular flexibility index (Phi) is 4.91. The van der Waals surface area contributed by atoms with E-state index >= 15 is 0 Å². The lowest BCUT2D eigenvalue weighted by Gasteiger charge is -2.36. The molecule has 1 aromatic heterocycles. The molecular formula is C16H17BrClN3. The Bertz CT molecular complexity index is 606. The second-order valence-corrected chi connectivity index (χ2v) is 6.54. The van der Waals surface area contributed by atoms with Crippen molar-refractivity contribution in [3.8, 4) is 0 Å². The summed E-state index contributed by atoms with van der Waals surface area (Å²) in [4.78, 5) is 6.70. The predicted molar refractivity (Wildman–Crippen MR) is 89.4 cm³/mol. The van der Waals surface area contributed by atoms with E-state index in [9.17, 15) is 0 Å². The molecule has 5 heteroatoms. The summed E-state index contributed by atoms with van der Waals surface area (Å²) < 4.78 is 1.01. The van der Waals surface area contributed by atoms with Crippen molar-refractivity contribution >= 4 is 27.5 Å². The Morgan fingerprint density at radius 1 is 1.38 bits per heavy atom. The van der Waals surface area contributed by atoms with E-state index in [4.69, 9.17) is 11.6 Å². The molecule has 1 fully saturated rings. The van der Waals surface area contributed by atoms with Gasteiger partial charge in [0.15, 0.2) is 0 Å². The lowest BCUT2D eigenvalue weighted by Crippen LogP contribution is -2.45. The zero-order valence-electron chi connectivity index (χ0n) is 11.6. The van der Waals surface area contributed by atoms with E-state index in [2.05, 4.69) is 43.3 Å². The predicted octanol–water partition coefficient (Wildman–Crippen LogP) is 3.64. The third-order valence-corrected chi connectivity index (χ3v) is 4.66. The van der Waals surface area contributed by atoms with E-state index in [1.54, 1.807) is 0 Å². The van der Waals surface area contributed by atoms with Gasteiger partial charge in [0.25, 0.3) is 0 Å². The molecule has 1 N–H and O–H groups in total. The quantitative estimate of drug-likeness (QED) is 0.899. The van der Waals surface area contributed by atoms with Crippen LogP contribution in [0.4, 0.5) is 0 Å². The number of nitrogens with zero attached hydrogens (tertiary/aromatic N) is 2. The molecule has 1 saturated heterocycles. The maximum atomic E-state index is 6.36. The minimum absolute atomic E-state index is 0.340. The Morgan fingerprint density at radius 2 is 2.29 bits per heavy atom. The average Bonchev–Trinajstić information content (AvgIpc) is 2.51. The van der Waals surface area contributed by atoms with Crippen LogP contribution in [0.25, 0.3) is 0 Å². The number of aromatic nitrogens is 1. The molecule has 0 saturated carbocycles. The number of piperazine rings is 1. The third-order valence-electron chi connectivity index (χ3n) is 3.81. The Hall–Kier alpha value is -0.940. The normalized spacial score (nSPS) is 19.6. The molecular weight excluding hydrogens is 350 g/mol. The summed E-state index contributed by atoms with van der Waals surface area (Å²) in [7, 11) is 0. The van der Waals surface area contributed by atoms with Gasteiger partial charge in [-0.1, -0.05) is 39.7 Å². The topological polar surface area (TPSA) is 28.2 Å². The van der Waals surface area contributed by atoms with E-state index in [-0.39, 0.29) is 0 Å². The Balaban J connectivity index is 1.81. The molecule has 1 aromatic carbocycles. The van der Waals surface area contributed by atoms with E-state index in [1.165, 1.54) is 5.56 Å². The standard InChI is InChI=1S/C16H17BrClN3/c17-14-4-3-13(15(18)8-14)11-21-7-6-20-10-16(21)12-2-1-5-19-9-12/h1-5,8-9,16,20H,6-7,10-11H2. The van der Waals surface area contributed by atoms with Crippen LogP contribution in [-0.4, -0.2) is 29.5 Å². The molecule has 0 spiro atoms. The summed E-state index contributed by atoms with van der Waals surface area (Å²) in [5.74, 6) is 0. The summed E-state index contributed by atoms with van der Waals surface area (Å²) >= 11 is 9.81. The first-order chi connectivity index (χ1) is 10.2. The fourth-order valence-corrected chi connectivity index (χ4v) is 3.44. The highest BCUT2D eigenvalue weighted by Gasteiger charge is 2.24. The van der Waals surface area contributed by atoms with Gasteiger partial charge in [-0.25, -0.2) is 0 Å². The van der Waals surface area contributed by atoms with Gasteiger partial charge in [-0.3, -0.25) is 9.88 Å². The molecule has 1 atom stereocenters. The monoisotopic (exact) mass is 365 g/mol. The van der Waals surface area contributed by atoms with Crippen LogP contribution in [0.2, 0.25) is 5.02 Å². The number of halogens is 2. The van der Waals surface area contributed by atoms with Crippen molar-refractivity contribution in [1.82, 2.24) is 15.2 Å². The number of rotatable bonds is 3. The van der Waals surface area contributed by atoms with Crippen molar-refractivity contribution in [2.75, 3.05) is 19.6 Å². The maximum Gasteiger partial charge on any atom is 0.0492 e. The Labute approximate surface area is 138 Å². The fraction of sp³-hybridized carbons (Fsp3) is 0.312. The van der Waals surface area contributed by atoms with Gasteiger partial charge in [-0.2, -0.15) is 0 Å². The third kappa shape index (κ3) is 3.64. The van der Waals surface area contributed by atoms with Gasteiger partial charge in [-0.15, -0.1) is 0 Å². The summed E-state index contributed by atoms with van der Waals surface area (Å²) in [6.07, 6.45) is 3.77. The second-order valence-electron chi connectivity index (χ2n) is 5.21. The van der Waals surface area contributed by atoms with Gasteiger partial charge in [0.2, 0.25) is 0 Å². The molecule has 1 unspecified atom stereocenters. The van der Waals surface area contributed by atoms with Crippen molar-refractivity contribution in [3.63, 3.8) is 0 Å². The number of hydrogen-bond donors (Lipinski definition) is 1. The second kappa shape index (κ2) is 6.88. The summed E-state index contributed by atoms with van der Waals surface area (Å²) in [5, 5.41) is 4.28. The van der Waals surface area contributed by atoms with Gasteiger partial charge >= 0.3 is 0 Å². The fourth-order valence-electron chi connectivity index (χ4n) is 2.71. The van der Waals surface area contributed by atoms with Gasteiger partial charge in [0.05, 0.1) is 0 Å². The van der Waals surface area contributed by atoms with Crippen LogP contribution >= 0.6 is 27.5 Å². The maximum absolute atomic E-state index is 6.36. The highest BCUT2D eigenvalue weighted by atomic mass is 79.9. The zero-order chi connectivity index (χ0) is 14.7. The van der Waals surface area contributed by atoms with Crippen LogP contribution in [0.1, 0.15) is 17.2 Å². The molecule has 21 heavy (non-hydrogen) atoms. The number of pyridine rings is 1.